The van der Waals surface area contributed by atoms with Crippen LogP contribution < -0.4 is 5.73 Å². The van der Waals surface area contributed by atoms with E-state index in [1.165, 1.54) is 12.1 Å². The number of allylic oxidation sites excluding steroid dienone is 4. The van der Waals surface area contributed by atoms with Gasteiger partial charge in [-0.15, -0.1) is 0 Å². The van der Waals surface area contributed by atoms with E-state index in [9.17, 15) is 20.2 Å². The predicted octanol–water partition coefficient (Wildman–Crippen LogP) is 3.81. The highest BCUT2D eigenvalue weighted by atomic mass is 19.1. The Hall–Kier alpha value is -3.10. The maximum atomic E-state index is 13.4. The minimum Gasteiger partial charge on any atom is -0.399 e. The molecule has 0 aromatic heterocycles. The van der Waals surface area contributed by atoms with Gasteiger partial charge in [-0.25, -0.2) is 4.39 Å². The molecule has 2 atom stereocenters. The molecule has 0 radical (unpaired) electrons. The van der Waals surface area contributed by atoms with Gasteiger partial charge in [0.05, 0.1) is 23.4 Å². The van der Waals surface area contributed by atoms with Crippen molar-refractivity contribution >= 4 is 0 Å². The third kappa shape index (κ3) is 2.48. The van der Waals surface area contributed by atoms with Crippen molar-refractivity contribution in [1.29, 1.82) is 15.8 Å². The quantitative estimate of drug-likeness (QED) is 0.845. The van der Waals surface area contributed by atoms with Gasteiger partial charge < -0.3 is 5.73 Å². The number of nitrogens with two attached hydrogens (primary N) is 1. The minimum atomic E-state index is -1.63. The number of hydrogen-bond acceptors (Lipinski definition) is 4. The fraction of sp³-hybridized carbons (Fsp3) is 0.350. The van der Waals surface area contributed by atoms with Crippen LogP contribution in [-0.2, 0) is 0 Å². The van der Waals surface area contributed by atoms with E-state index in [4.69, 9.17) is 5.73 Å². The number of hydrogen-bond donors (Lipinski definition) is 1. The van der Waals surface area contributed by atoms with Crippen molar-refractivity contribution < 1.29 is 4.39 Å². The maximum Gasteiger partial charge on any atom is 0.191 e. The van der Waals surface area contributed by atoms with Crippen LogP contribution in [-0.4, -0.2) is 0 Å². The number of rotatable bonds is 1. The predicted molar refractivity (Wildman–Crippen MR) is 89.7 cm³/mol. The Kier molecular flexibility index (Phi) is 4.30. The molecule has 5 heteroatoms. The summed E-state index contributed by atoms with van der Waals surface area (Å²) < 4.78 is 13.4. The van der Waals surface area contributed by atoms with Gasteiger partial charge in [-0.1, -0.05) is 24.6 Å². The molecule has 2 N–H and O–H groups in total. The third-order valence-corrected chi connectivity index (χ3v) is 5.28. The van der Waals surface area contributed by atoms with E-state index in [0.29, 0.717) is 5.56 Å². The largest absolute Gasteiger partial charge is 0.399 e. The molecule has 0 aliphatic heterocycles. The molecule has 2 aliphatic carbocycles. The summed E-state index contributed by atoms with van der Waals surface area (Å²) in [7, 11) is 0. The molecule has 0 unspecified atom stereocenters. The van der Waals surface area contributed by atoms with Crippen LogP contribution in [0.1, 0.15) is 37.2 Å². The van der Waals surface area contributed by atoms with Crippen LogP contribution in [0.2, 0.25) is 0 Å². The first kappa shape index (κ1) is 16.7. The second-order valence-electron chi connectivity index (χ2n) is 6.51. The zero-order chi connectivity index (χ0) is 18.0. The number of nitrogens with zero attached hydrogens (tertiary/aromatic N) is 3. The molecule has 0 saturated carbocycles. The fourth-order valence-electron chi connectivity index (χ4n) is 4.09. The monoisotopic (exact) mass is 332 g/mol. The summed E-state index contributed by atoms with van der Waals surface area (Å²) >= 11 is 0. The molecule has 124 valence electrons. The Bertz CT molecular complexity index is 860. The molecule has 0 heterocycles. The number of benzene rings is 1. The first-order chi connectivity index (χ1) is 12.1. The number of halogens is 1. The molecule has 0 spiro atoms. The van der Waals surface area contributed by atoms with Crippen LogP contribution in [0.5, 0.6) is 0 Å². The lowest BCUT2D eigenvalue weighted by Gasteiger charge is -2.41. The standard InChI is InChI=1S/C20H17FN4/c21-14-8-6-13(7-9-14)18-16-5-3-1-2-4-15(16)17(10-22)19(25)20(18,11-23)12-24/h4,6-9,16,18H,1-3,5,25H2/t16-,18-/m1/s1. The molecule has 0 fully saturated rings. The molecule has 0 amide bonds. The Labute approximate surface area is 146 Å². The molecule has 0 bridgehead atoms. The molecule has 25 heavy (non-hydrogen) atoms. The van der Waals surface area contributed by atoms with Gasteiger partial charge in [0.1, 0.15) is 11.9 Å². The highest BCUT2D eigenvalue weighted by Gasteiger charge is 2.53. The molecule has 0 saturated heterocycles. The van der Waals surface area contributed by atoms with E-state index >= 15 is 0 Å². The summed E-state index contributed by atoms with van der Waals surface area (Å²) in [6, 6.07) is 12.1. The smallest absolute Gasteiger partial charge is 0.191 e. The maximum absolute atomic E-state index is 13.4. The van der Waals surface area contributed by atoms with Gasteiger partial charge in [0.15, 0.2) is 5.41 Å². The zero-order valence-corrected chi connectivity index (χ0v) is 13.7. The van der Waals surface area contributed by atoms with Crippen molar-refractivity contribution in [3.63, 3.8) is 0 Å². The Morgan fingerprint density at radius 2 is 1.76 bits per heavy atom. The molecule has 1 aromatic rings. The molecule has 4 nitrogen and oxygen atoms in total. The SMILES string of the molecule is N#CC1=C(N)C(C#N)(C#N)[C@H](c2ccc(F)cc2)[C@@H]2CCCCC=C12. The zero-order valence-electron chi connectivity index (χ0n) is 13.7. The average molecular weight is 332 g/mol. The Morgan fingerprint density at radius 1 is 1.08 bits per heavy atom. The van der Waals surface area contributed by atoms with Gasteiger partial charge >= 0.3 is 0 Å². The van der Waals surface area contributed by atoms with Crippen molar-refractivity contribution in [1.82, 2.24) is 0 Å². The lowest BCUT2D eigenvalue weighted by molar-refractivity contribution is 0.328. The molecule has 3 rings (SSSR count). The summed E-state index contributed by atoms with van der Waals surface area (Å²) in [5.41, 5.74) is 6.37. The lowest BCUT2D eigenvalue weighted by atomic mass is 9.58. The lowest BCUT2D eigenvalue weighted by Crippen LogP contribution is -2.42. The van der Waals surface area contributed by atoms with Gasteiger partial charge in [-0.3, -0.25) is 0 Å². The highest BCUT2D eigenvalue weighted by Crippen LogP contribution is 2.55. The molecular weight excluding hydrogens is 315 g/mol. The summed E-state index contributed by atoms with van der Waals surface area (Å²) in [6.45, 7) is 0. The van der Waals surface area contributed by atoms with Crippen LogP contribution >= 0.6 is 0 Å². The second-order valence-corrected chi connectivity index (χ2v) is 6.51. The van der Waals surface area contributed by atoms with Gasteiger partial charge in [0.2, 0.25) is 0 Å². The van der Waals surface area contributed by atoms with Gasteiger partial charge in [0, 0.05) is 5.92 Å². The molecule has 1 aromatic carbocycles. The summed E-state index contributed by atoms with van der Waals surface area (Å²) in [6.07, 6.45) is 5.54. The summed E-state index contributed by atoms with van der Waals surface area (Å²) in [5.74, 6) is -1.06. The van der Waals surface area contributed by atoms with E-state index in [1.807, 2.05) is 6.08 Å². The van der Waals surface area contributed by atoms with E-state index in [0.717, 1.165) is 31.3 Å². The van der Waals surface area contributed by atoms with Crippen molar-refractivity contribution in [2.24, 2.45) is 17.1 Å². The van der Waals surface area contributed by atoms with E-state index < -0.39 is 11.3 Å². The van der Waals surface area contributed by atoms with Crippen molar-refractivity contribution in [3.05, 3.63) is 58.6 Å². The van der Waals surface area contributed by atoms with Crippen molar-refractivity contribution in [3.8, 4) is 18.2 Å². The van der Waals surface area contributed by atoms with Crippen molar-refractivity contribution in [2.75, 3.05) is 0 Å². The summed E-state index contributed by atoms with van der Waals surface area (Å²) in [5, 5.41) is 29.4. The summed E-state index contributed by atoms with van der Waals surface area (Å²) in [4.78, 5) is 0. The van der Waals surface area contributed by atoms with Gasteiger partial charge in [-0.05, 0) is 48.4 Å². The van der Waals surface area contributed by atoms with E-state index in [-0.39, 0.29) is 23.0 Å². The minimum absolute atomic E-state index is 0.0127. The van der Waals surface area contributed by atoms with Crippen LogP contribution in [0.15, 0.2) is 47.2 Å². The highest BCUT2D eigenvalue weighted by molar-refractivity contribution is 5.58. The average Bonchev–Trinajstić information content (AvgIpc) is 2.87. The van der Waals surface area contributed by atoms with Crippen LogP contribution in [0, 0.1) is 51.1 Å². The molecule has 2 aliphatic rings. The van der Waals surface area contributed by atoms with E-state index in [2.05, 4.69) is 18.2 Å². The molecular formula is C20H17FN4. The number of nitriles is 3. The van der Waals surface area contributed by atoms with Crippen molar-refractivity contribution in [2.45, 2.75) is 31.6 Å². The second kappa shape index (κ2) is 6.42. The normalized spacial score (nSPS) is 24.8. The Morgan fingerprint density at radius 3 is 2.36 bits per heavy atom. The van der Waals surface area contributed by atoms with Crippen LogP contribution in [0.3, 0.4) is 0 Å². The fourth-order valence-corrected chi connectivity index (χ4v) is 4.09. The third-order valence-electron chi connectivity index (χ3n) is 5.28. The Balaban J connectivity index is 2.31. The van der Waals surface area contributed by atoms with Gasteiger partial charge in [-0.2, -0.15) is 15.8 Å². The van der Waals surface area contributed by atoms with E-state index in [1.54, 1.807) is 12.1 Å². The van der Waals surface area contributed by atoms with Crippen LogP contribution in [0.25, 0.3) is 0 Å². The van der Waals surface area contributed by atoms with Gasteiger partial charge in [0.25, 0.3) is 0 Å². The first-order valence-electron chi connectivity index (χ1n) is 8.27. The first-order valence-corrected chi connectivity index (χ1v) is 8.27. The van der Waals surface area contributed by atoms with Crippen LogP contribution in [0.4, 0.5) is 4.39 Å². The topological polar surface area (TPSA) is 97.4 Å². The number of fused-ring (bicyclic) bond motifs is 1.